The molecule has 0 atom stereocenters. The van der Waals surface area contributed by atoms with Gasteiger partial charge in [-0.25, -0.2) is 0 Å². The van der Waals surface area contributed by atoms with Crippen LogP contribution in [0.1, 0.15) is 28.8 Å². The third-order valence-electron chi connectivity index (χ3n) is 5.46. The predicted molar refractivity (Wildman–Crippen MR) is 135 cm³/mol. The van der Waals surface area contributed by atoms with E-state index in [1.54, 1.807) is 24.3 Å². The maximum absolute atomic E-state index is 12.8. The second kappa shape index (κ2) is 12.8. The number of carbonyl (C=O) groups excluding carboxylic acids is 3. The molecule has 8 nitrogen and oxygen atoms in total. The summed E-state index contributed by atoms with van der Waals surface area (Å²) in [5.74, 6) is -0.847. The number of rotatable bonds is 8. The van der Waals surface area contributed by atoms with E-state index in [0.29, 0.717) is 30.8 Å². The Balaban J connectivity index is 1.38. The van der Waals surface area contributed by atoms with Crippen LogP contribution in [-0.2, 0) is 20.7 Å². The zero-order valence-electron chi connectivity index (χ0n) is 19.3. The molecule has 1 saturated heterocycles. The number of carbonyl (C=O) groups is 3. The third-order valence-corrected chi connectivity index (χ3v) is 5.67. The van der Waals surface area contributed by atoms with Crippen molar-refractivity contribution in [2.45, 2.75) is 19.3 Å². The van der Waals surface area contributed by atoms with E-state index in [9.17, 15) is 14.4 Å². The highest BCUT2D eigenvalue weighted by atomic mass is 32.1. The average molecular weight is 483 g/mol. The zero-order valence-corrected chi connectivity index (χ0v) is 20.1. The second-order valence-corrected chi connectivity index (χ2v) is 8.54. The lowest BCUT2D eigenvalue weighted by Crippen LogP contribution is -2.47. The fourth-order valence-corrected chi connectivity index (χ4v) is 3.72. The summed E-state index contributed by atoms with van der Waals surface area (Å²) in [7, 11) is 2.04. The number of thiocarbonyl (C=S) groups is 1. The summed E-state index contributed by atoms with van der Waals surface area (Å²) in [6.45, 7) is 3.35. The van der Waals surface area contributed by atoms with Crippen LogP contribution < -0.4 is 10.6 Å². The number of amides is 2. The number of nitrogens with zero attached hydrogens (tertiary/aromatic N) is 2. The van der Waals surface area contributed by atoms with Crippen molar-refractivity contribution in [3.05, 3.63) is 65.7 Å². The first-order chi connectivity index (χ1) is 16.4. The summed E-state index contributed by atoms with van der Waals surface area (Å²) < 4.78 is 5.18. The van der Waals surface area contributed by atoms with Crippen molar-refractivity contribution in [3.63, 3.8) is 0 Å². The fourth-order valence-electron chi connectivity index (χ4n) is 3.49. The van der Waals surface area contributed by atoms with Crippen molar-refractivity contribution >= 4 is 40.8 Å². The van der Waals surface area contributed by atoms with E-state index in [4.69, 9.17) is 17.0 Å². The topological polar surface area (TPSA) is 91.0 Å². The van der Waals surface area contributed by atoms with Gasteiger partial charge in [0.25, 0.3) is 5.91 Å². The van der Waals surface area contributed by atoms with Gasteiger partial charge < -0.3 is 25.2 Å². The minimum Gasteiger partial charge on any atom is -0.465 e. The van der Waals surface area contributed by atoms with Crippen molar-refractivity contribution in [2.75, 3.05) is 45.2 Å². The molecular formula is C25H30N4O4S. The minimum absolute atomic E-state index is 0.0295. The van der Waals surface area contributed by atoms with Gasteiger partial charge >= 0.3 is 5.97 Å². The van der Waals surface area contributed by atoms with E-state index >= 15 is 0 Å². The van der Waals surface area contributed by atoms with E-state index in [0.717, 1.165) is 18.7 Å². The summed E-state index contributed by atoms with van der Waals surface area (Å²) in [6, 6.07) is 16.7. The number of esters is 1. The van der Waals surface area contributed by atoms with Crippen LogP contribution in [-0.4, -0.2) is 72.5 Å². The Morgan fingerprint density at radius 2 is 1.71 bits per heavy atom. The zero-order chi connectivity index (χ0) is 24.3. The maximum atomic E-state index is 12.8. The van der Waals surface area contributed by atoms with Crippen LogP contribution >= 0.6 is 12.2 Å². The summed E-state index contributed by atoms with van der Waals surface area (Å²) in [5, 5.41) is 5.58. The van der Waals surface area contributed by atoms with Gasteiger partial charge in [-0.1, -0.05) is 36.4 Å². The number of ether oxygens (including phenoxy) is 1. The van der Waals surface area contributed by atoms with Gasteiger partial charge in [0.2, 0.25) is 5.91 Å². The molecule has 1 heterocycles. The predicted octanol–water partition coefficient (Wildman–Crippen LogP) is 2.45. The quantitative estimate of drug-likeness (QED) is 0.441. The van der Waals surface area contributed by atoms with Crippen LogP contribution in [0.2, 0.25) is 0 Å². The van der Waals surface area contributed by atoms with Crippen LogP contribution in [0.4, 0.5) is 5.69 Å². The Labute approximate surface area is 205 Å². The average Bonchev–Trinajstić information content (AvgIpc) is 2.83. The van der Waals surface area contributed by atoms with Crippen molar-refractivity contribution in [3.8, 4) is 0 Å². The Hall–Kier alpha value is -3.30. The minimum atomic E-state index is -0.430. The molecule has 9 heteroatoms. The molecule has 1 aliphatic heterocycles. The molecule has 1 fully saturated rings. The molecule has 2 amide bonds. The molecule has 0 unspecified atom stereocenters. The van der Waals surface area contributed by atoms with Crippen molar-refractivity contribution < 1.29 is 19.1 Å². The number of anilines is 1. The number of hydrogen-bond donors (Lipinski definition) is 2. The van der Waals surface area contributed by atoms with Crippen molar-refractivity contribution in [1.29, 1.82) is 0 Å². The maximum Gasteiger partial charge on any atom is 0.306 e. The van der Waals surface area contributed by atoms with Crippen LogP contribution in [0.15, 0.2) is 54.6 Å². The van der Waals surface area contributed by atoms with E-state index in [2.05, 4.69) is 15.5 Å². The molecule has 0 aliphatic carbocycles. The lowest BCUT2D eigenvalue weighted by atomic mass is 10.1. The lowest BCUT2D eigenvalue weighted by Gasteiger charge is -2.32. The van der Waals surface area contributed by atoms with E-state index in [1.165, 1.54) is 0 Å². The number of piperazine rings is 1. The van der Waals surface area contributed by atoms with Gasteiger partial charge in [-0.3, -0.25) is 14.4 Å². The van der Waals surface area contributed by atoms with Crippen LogP contribution in [0.5, 0.6) is 0 Å². The molecule has 0 radical (unpaired) electrons. The van der Waals surface area contributed by atoms with Gasteiger partial charge in [0.15, 0.2) is 5.11 Å². The molecule has 2 N–H and O–H groups in total. The first-order valence-corrected chi connectivity index (χ1v) is 11.7. The van der Waals surface area contributed by atoms with Crippen LogP contribution in [0.3, 0.4) is 0 Å². The van der Waals surface area contributed by atoms with Gasteiger partial charge in [0.05, 0.1) is 13.0 Å². The molecule has 0 saturated carbocycles. The first kappa shape index (κ1) is 25.3. The summed E-state index contributed by atoms with van der Waals surface area (Å²) >= 11 is 5.20. The molecule has 2 aromatic rings. The van der Waals surface area contributed by atoms with Gasteiger partial charge in [-0.15, -0.1) is 0 Å². The smallest absolute Gasteiger partial charge is 0.306 e. The first-order valence-electron chi connectivity index (χ1n) is 11.3. The van der Waals surface area contributed by atoms with Gasteiger partial charge in [0.1, 0.15) is 0 Å². The largest absolute Gasteiger partial charge is 0.465 e. The second-order valence-electron chi connectivity index (χ2n) is 8.13. The number of benzene rings is 2. The molecule has 2 aromatic carbocycles. The fraction of sp³-hybridized carbons (Fsp3) is 0.360. The number of hydrogen-bond acceptors (Lipinski definition) is 6. The highest BCUT2D eigenvalue weighted by Crippen LogP contribution is 2.14. The van der Waals surface area contributed by atoms with Crippen molar-refractivity contribution in [2.24, 2.45) is 0 Å². The molecule has 3 rings (SSSR count). The molecule has 180 valence electrons. The van der Waals surface area contributed by atoms with Gasteiger partial charge in [-0.2, -0.15) is 0 Å². The Bertz CT molecular complexity index is 1010. The lowest BCUT2D eigenvalue weighted by molar-refractivity contribution is -0.144. The monoisotopic (exact) mass is 482 g/mol. The molecule has 34 heavy (non-hydrogen) atoms. The Morgan fingerprint density at radius 1 is 0.971 bits per heavy atom. The highest BCUT2D eigenvalue weighted by Gasteiger charge is 2.20. The Kier molecular flexibility index (Phi) is 9.54. The van der Waals surface area contributed by atoms with Crippen molar-refractivity contribution in [1.82, 2.24) is 15.1 Å². The summed E-state index contributed by atoms with van der Waals surface area (Å²) in [5.41, 5.74) is 2.24. The van der Waals surface area contributed by atoms with E-state index in [-0.39, 0.29) is 36.4 Å². The van der Waals surface area contributed by atoms with Gasteiger partial charge in [0, 0.05) is 50.3 Å². The third kappa shape index (κ3) is 8.24. The number of nitrogens with one attached hydrogen (secondary N) is 2. The molecule has 1 aliphatic rings. The highest BCUT2D eigenvalue weighted by molar-refractivity contribution is 7.80. The summed E-state index contributed by atoms with van der Waals surface area (Å²) in [4.78, 5) is 40.8. The summed E-state index contributed by atoms with van der Waals surface area (Å²) in [6.07, 6.45) is 0.565. The van der Waals surface area contributed by atoms with Crippen LogP contribution in [0.25, 0.3) is 0 Å². The SMILES string of the molecule is CN1CCN(C(=O)c2cccc(NC(=S)NC(=O)CCC(=O)OCCc3ccccc3)c2)CC1. The molecule has 0 bridgehead atoms. The van der Waals surface area contributed by atoms with Crippen LogP contribution in [0, 0.1) is 0 Å². The van der Waals surface area contributed by atoms with E-state index in [1.807, 2.05) is 42.3 Å². The molecule has 0 spiro atoms. The molecule has 0 aromatic heterocycles. The number of likely N-dealkylation sites (N-methyl/N-ethyl adjacent to an activating group) is 1. The molecular weight excluding hydrogens is 452 g/mol. The van der Waals surface area contributed by atoms with E-state index < -0.39 is 5.97 Å². The standard InChI is InChI=1S/C25H30N4O4S/c1-28-13-15-29(16-14-28)24(32)20-8-5-9-21(18-20)26-25(34)27-22(30)10-11-23(31)33-17-12-19-6-3-2-4-7-19/h2-9,18H,10-17H2,1H3,(H2,26,27,30,34). The normalized spacial score (nSPS) is 13.7. The van der Waals surface area contributed by atoms with Gasteiger partial charge in [-0.05, 0) is 43.0 Å². The Morgan fingerprint density at radius 3 is 2.44 bits per heavy atom.